The maximum absolute atomic E-state index is 10.8. The number of esters is 1. The van der Waals surface area contributed by atoms with E-state index in [9.17, 15) is 4.79 Å². The highest BCUT2D eigenvalue weighted by Gasteiger charge is 2.08. The van der Waals surface area contributed by atoms with Crippen molar-refractivity contribution in [1.82, 2.24) is 9.78 Å². The smallest absolute Gasteiger partial charge is 0.356 e. The van der Waals surface area contributed by atoms with Crippen molar-refractivity contribution in [3.63, 3.8) is 0 Å². The van der Waals surface area contributed by atoms with E-state index in [-0.39, 0.29) is 0 Å². The van der Waals surface area contributed by atoms with Crippen molar-refractivity contribution >= 4 is 5.97 Å². The lowest BCUT2D eigenvalue weighted by molar-refractivity contribution is 0.0588. The zero-order chi connectivity index (χ0) is 7.56. The van der Waals surface area contributed by atoms with E-state index in [1.165, 1.54) is 17.9 Å². The molecule has 4 heteroatoms. The van der Waals surface area contributed by atoms with Gasteiger partial charge < -0.3 is 4.74 Å². The van der Waals surface area contributed by atoms with Gasteiger partial charge in [-0.25, -0.2) is 4.79 Å². The Morgan fingerprint density at radius 1 is 1.90 bits per heavy atom. The lowest BCUT2D eigenvalue weighted by Gasteiger charge is -1.96. The minimum absolute atomic E-state index is 0.392. The molecule has 1 aromatic rings. The molecule has 10 heavy (non-hydrogen) atoms. The highest BCUT2D eigenvalue weighted by molar-refractivity contribution is 5.87. The summed E-state index contributed by atoms with van der Waals surface area (Å²) in [6, 6.07) is 1.48. The Bertz CT molecular complexity index is 242. The van der Waals surface area contributed by atoms with Crippen molar-refractivity contribution in [3.8, 4) is 0 Å². The largest absolute Gasteiger partial charge is 0.464 e. The van der Waals surface area contributed by atoms with Crippen LogP contribution in [0.5, 0.6) is 0 Å². The first kappa shape index (κ1) is 6.80. The number of hydrogen-bond acceptors (Lipinski definition) is 3. The van der Waals surface area contributed by atoms with Crippen LogP contribution in [0.25, 0.3) is 0 Å². The van der Waals surface area contributed by atoms with Crippen molar-refractivity contribution in [2.45, 2.75) is 0 Å². The number of hydrogen-bond donors (Lipinski definition) is 0. The van der Waals surface area contributed by atoms with Gasteiger partial charge in [0.2, 0.25) is 0 Å². The minimum Gasteiger partial charge on any atom is -0.464 e. The summed E-state index contributed by atoms with van der Waals surface area (Å²) >= 11 is 0. The first-order valence-electron chi connectivity index (χ1n) is 2.74. The van der Waals surface area contributed by atoms with E-state index in [4.69, 9.17) is 0 Å². The number of carbonyl (C=O) groups is 1. The molecule has 0 aromatic carbocycles. The number of ether oxygens (including phenoxy) is 1. The fraction of sp³-hybridized carbons (Fsp3) is 0.333. The standard InChI is InChI=1S/C6H7N2O2/c1-8-5(3-4-7-8)6(9)10-2/h3H,1-2H3. The summed E-state index contributed by atoms with van der Waals surface area (Å²) < 4.78 is 5.86. The quantitative estimate of drug-likeness (QED) is 0.514. The minimum atomic E-state index is -0.392. The molecule has 0 atom stereocenters. The van der Waals surface area contributed by atoms with Crippen LogP contribution in [-0.4, -0.2) is 22.9 Å². The molecule has 0 unspecified atom stereocenters. The van der Waals surface area contributed by atoms with Gasteiger partial charge in [-0.2, -0.15) is 5.10 Å². The molecule has 1 heterocycles. The zero-order valence-corrected chi connectivity index (χ0v) is 5.79. The van der Waals surface area contributed by atoms with Crippen molar-refractivity contribution < 1.29 is 9.53 Å². The number of aromatic nitrogens is 2. The van der Waals surface area contributed by atoms with Gasteiger partial charge in [0.15, 0.2) is 0 Å². The summed E-state index contributed by atoms with van der Waals surface area (Å²) in [6.45, 7) is 0. The Balaban J connectivity index is 2.93. The van der Waals surface area contributed by atoms with Gasteiger partial charge in [-0.1, -0.05) is 0 Å². The van der Waals surface area contributed by atoms with E-state index in [2.05, 4.69) is 16.0 Å². The monoisotopic (exact) mass is 139 g/mol. The average Bonchev–Trinajstić information content (AvgIpc) is 2.34. The maximum Gasteiger partial charge on any atom is 0.356 e. The van der Waals surface area contributed by atoms with Gasteiger partial charge in [0, 0.05) is 13.1 Å². The molecule has 1 rings (SSSR count). The van der Waals surface area contributed by atoms with Crippen LogP contribution in [0.4, 0.5) is 0 Å². The topological polar surface area (TPSA) is 44.1 Å². The van der Waals surface area contributed by atoms with E-state index >= 15 is 0 Å². The molecule has 0 bridgehead atoms. The van der Waals surface area contributed by atoms with Crippen LogP contribution in [0.3, 0.4) is 0 Å². The third-order valence-electron chi connectivity index (χ3n) is 1.15. The molecule has 4 nitrogen and oxygen atoms in total. The number of carbonyl (C=O) groups excluding carboxylic acids is 1. The van der Waals surface area contributed by atoms with Crippen LogP contribution in [-0.2, 0) is 11.8 Å². The average molecular weight is 139 g/mol. The normalized spacial score (nSPS) is 9.40. The Labute approximate surface area is 58.4 Å². The summed E-state index contributed by atoms with van der Waals surface area (Å²) in [5, 5.41) is 3.68. The molecule has 0 aliphatic carbocycles. The van der Waals surface area contributed by atoms with Gasteiger partial charge >= 0.3 is 5.97 Å². The number of rotatable bonds is 1. The van der Waals surface area contributed by atoms with Gasteiger partial charge in [-0.05, 0) is 0 Å². The third-order valence-corrected chi connectivity index (χ3v) is 1.15. The second-order valence-electron chi connectivity index (χ2n) is 1.77. The van der Waals surface area contributed by atoms with Crippen LogP contribution < -0.4 is 0 Å². The first-order chi connectivity index (χ1) is 4.75. The molecular formula is C6H7N2O2. The van der Waals surface area contributed by atoms with Gasteiger partial charge in [0.05, 0.1) is 7.11 Å². The molecule has 0 spiro atoms. The highest BCUT2D eigenvalue weighted by Crippen LogP contribution is 1.96. The van der Waals surface area contributed by atoms with Crippen LogP contribution >= 0.6 is 0 Å². The summed E-state index contributed by atoms with van der Waals surface area (Å²) in [4.78, 5) is 10.8. The molecule has 0 saturated heterocycles. The Hall–Kier alpha value is -1.32. The van der Waals surface area contributed by atoms with Gasteiger partial charge in [-0.3, -0.25) is 4.68 Å². The van der Waals surface area contributed by atoms with E-state index < -0.39 is 5.97 Å². The number of nitrogens with zero attached hydrogens (tertiary/aromatic N) is 2. The fourth-order valence-corrected chi connectivity index (χ4v) is 0.620. The molecule has 1 aromatic heterocycles. The van der Waals surface area contributed by atoms with Gasteiger partial charge in [0.25, 0.3) is 0 Å². The lowest BCUT2D eigenvalue weighted by Crippen LogP contribution is -2.07. The van der Waals surface area contributed by atoms with Crippen LogP contribution in [0.2, 0.25) is 0 Å². The first-order valence-corrected chi connectivity index (χ1v) is 2.74. The molecule has 0 aliphatic rings. The van der Waals surface area contributed by atoms with Crippen molar-refractivity contribution in [2.75, 3.05) is 7.11 Å². The van der Waals surface area contributed by atoms with E-state index in [1.807, 2.05) is 0 Å². The molecule has 0 amide bonds. The lowest BCUT2D eigenvalue weighted by atomic mass is 10.4. The van der Waals surface area contributed by atoms with Crippen LogP contribution in [0.15, 0.2) is 6.07 Å². The van der Waals surface area contributed by atoms with Gasteiger partial charge in [0.1, 0.15) is 11.9 Å². The Morgan fingerprint density at radius 3 is 3.00 bits per heavy atom. The van der Waals surface area contributed by atoms with Gasteiger partial charge in [-0.15, -0.1) is 0 Å². The predicted octanol–water partition coefficient (Wildman–Crippen LogP) is 0.00689. The molecule has 1 radical (unpaired) electrons. The number of aryl methyl sites for hydroxylation is 1. The molecule has 53 valence electrons. The van der Waals surface area contributed by atoms with Crippen molar-refractivity contribution in [3.05, 3.63) is 18.0 Å². The second kappa shape index (κ2) is 2.51. The van der Waals surface area contributed by atoms with Crippen LogP contribution in [0.1, 0.15) is 10.5 Å². The molecule has 0 N–H and O–H groups in total. The summed E-state index contributed by atoms with van der Waals surface area (Å²) in [7, 11) is 2.98. The fourth-order valence-electron chi connectivity index (χ4n) is 0.620. The molecule has 0 saturated carbocycles. The van der Waals surface area contributed by atoms with Crippen LogP contribution in [0, 0.1) is 6.20 Å². The zero-order valence-electron chi connectivity index (χ0n) is 5.79. The van der Waals surface area contributed by atoms with Crippen molar-refractivity contribution in [2.24, 2.45) is 7.05 Å². The number of methoxy groups -OCH3 is 1. The summed E-state index contributed by atoms with van der Waals surface area (Å²) in [6.07, 6.45) is 2.53. The summed E-state index contributed by atoms with van der Waals surface area (Å²) in [5.74, 6) is -0.392. The third kappa shape index (κ3) is 1.00. The second-order valence-corrected chi connectivity index (χ2v) is 1.77. The molecule has 0 aliphatic heterocycles. The molecular weight excluding hydrogens is 132 g/mol. The van der Waals surface area contributed by atoms with E-state index in [0.29, 0.717) is 5.69 Å². The predicted molar refractivity (Wildman–Crippen MR) is 33.4 cm³/mol. The van der Waals surface area contributed by atoms with E-state index in [1.54, 1.807) is 7.05 Å². The maximum atomic E-state index is 10.8. The van der Waals surface area contributed by atoms with Crippen molar-refractivity contribution in [1.29, 1.82) is 0 Å². The SMILES string of the molecule is COC(=O)c1c[c]nn1C. The highest BCUT2D eigenvalue weighted by atomic mass is 16.5. The Kier molecular flexibility index (Phi) is 1.71. The summed E-state index contributed by atoms with van der Waals surface area (Å²) in [5.41, 5.74) is 0.405. The molecule has 0 fully saturated rings. The van der Waals surface area contributed by atoms with E-state index in [0.717, 1.165) is 0 Å². The Morgan fingerprint density at radius 2 is 2.60 bits per heavy atom.